The molecule has 0 saturated carbocycles. The van der Waals surface area contributed by atoms with Crippen molar-refractivity contribution in [1.29, 1.82) is 0 Å². The molecule has 2 aromatic rings. The number of carbonyl (C=O) groups excluding carboxylic acids is 1. The van der Waals surface area contributed by atoms with E-state index >= 15 is 0 Å². The summed E-state index contributed by atoms with van der Waals surface area (Å²) in [6.07, 6.45) is 2.08. The van der Waals surface area contributed by atoms with Gasteiger partial charge in [-0.25, -0.2) is 0 Å². The van der Waals surface area contributed by atoms with Gasteiger partial charge in [-0.1, -0.05) is 43.1 Å². The van der Waals surface area contributed by atoms with E-state index in [0.29, 0.717) is 10.6 Å². The van der Waals surface area contributed by atoms with Crippen molar-refractivity contribution in [1.82, 2.24) is 0 Å². The lowest BCUT2D eigenvalue weighted by Crippen LogP contribution is -2.02. The molecular weight excluding hydrogens is 256 g/mol. The molecule has 0 fully saturated rings. The number of hydrogen-bond acceptors (Lipinski definition) is 1. The molecular formula is C17H17ClO. The van der Waals surface area contributed by atoms with Gasteiger partial charge in [-0.2, -0.15) is 0 Å². The molecule has 2 aromatic carbocycles. The van der Waals surface area contributed by atoms with Crippen molar-refractivity contribution < 1.29 is 4.79 Å². The summed E-state index contributed by atoms with van der Waals surface area (Å²) >= 11 is 5.99. The number of hydrogen-bond donors (Lipinski definition) is 0. The smallest absolute Gasteiger partial charge is 0.193 e. The van der Waals surface area contributed by atoms with Crippen LogP contribution in [0.1, 0.15) is 40.4 Å². The number of rotatable bonds is 4. The molecule has 2 rings (SSSR count). The minimum Gasteiger partial charge on any atom is -0.289 e. The van der Waals surface area contributed by atoms with Crippen molar-refractivity contribution in [3.63, 3.8) is 0 Å². The second kappa shape index (κ2) is 6.03. The summed E-state index contributed by atoms with van der Waals surface area (Å²) in [6.45, 7) is 4.05. The van der Waals surface area contributed by atoms with Gasteiger partial charge in [0.1, 0.15) is 0 Å². The van der Waals surface area contributed by atoms with E-state index in [0.717, 1.165) is 24.0 Å². The van der Waals surface area contributed by atoms with Gasteiger partial charge in [-0.3, -0.25) is 4.79 Å². The number of halogens is 1. The van der Waals surface area contributed by atoms with Crippen LogP contribution in [0.4, 0.5) is 0 Å². The molecule has 0 aromatic heterocycles. The van der Waals surface area contributed by atoms with E-state index in [1.54, 1.807) is 12.1 Å². The Bertz CT molecular complexity index is 602. The number of carbonyl (C=O) groups is 1. The molecule has 0 aliphatic carbocycles. The van der Waals surface area contributed by atoms with Crippen molar-refractivity contribution in [2.75, 3.05) is 0 Å². The largest absolute Gasteiger partial charge is 0.289 e. The Hall–Kier alpha value is -1.60. The predicted molar refractivity (Wildman–Crippen MR) is 80.1 cm³/mol. The quantitative estimate of drug-likeness (QED) is 0.729. The van der Waals surface area contributed by atoms with Crippen LogP contribution in [-0.2, 0) is 6.42 Å². The third kappa shape index (κ3) is 3.24. The van der Waals surface area contributed by atoms with Crippen LogP contribution in [-0.4, -0.2) is 5.78 Å². The van der Waals surface area contributed by atoms with E-state index in [1.807, 2.05) is 31.2 Å². The minimum atomic E-state index is 0.0534. The Morgan fingerprint density at radius 1 is 1.11 bits per heavy atom. The van der Waals surface area contributed by atoms with Crippen LogP contribution in [0.25, 0.3) is 0 Å². The van der Waals surface area contributed by atoms with Gasteiger partial charge < -0.3 is 0 Å². The molecule has 1 nitrogen and oxygen atoms in total. The molecule has 0 spiro atoms. The molecule has 0 aliphatic heterocycles. The van der Waals surface area contributed by atoms with E-state index in [4.69, 9.17) is 11.6 Å². The van der Waals surface area contributed by atoms with Gasteiger partial charge in [-0.05, 0) is 48.7 Å². The number of benzene rings is 2. The SMILES string of the molecule is CCCc1cccc(C(=O)c2ccc(Cl)c(C)c2)c1. The highest BCUT2D eigenvalue weighted by Crippen LogP contribution is 2.19. The zero-order chi connectivity index (χ0) is 13.8. The van der Waals surface area contributed by atoms with Gasteiger partial charge in [0.2, 0.25) is 0 Å². The Morgan fingerprint density at radius 2 is 1.84 bits per heavy atom. The maximum Gasteiger partial charge on any atom is 0.193 e. The molecule has 98 valence electrons. The Balaban J connectivity index is 2.32. The molecule has 0 heterocycles. The molecule has 2 heteroatoms. The highest BCUT2D eigenvalue weighted by molar-refractivity contribution is 6.31. The molecule has 0 atom stereocenters. The number of aryl methyl sites for hydroxylation is 2. The summed E-state index contributed by atoms with van der Waals surface area (Å²) in [4.78, 5) is 12.4. The first kappa shape index (κ1) is 13.8. The van der Waals surface area contributed by atoms with Crippen LogP contribution in [0.15, 0.2) is 42.5 Å². The van der Waals surface area contributed by atoms with Gasteiger partial charge in [-0.15, -0.1) is 0 Å². The topological polar surface area (TPSA) is 17.1 Å². The van der Waals surface area contributed by atoms with Crippen molar-refractivity contribution in [2.24, 2.45) is 0 Å². The van der Waals surface area contributed by atoms with E-state index in [9.17, 15) is 4.79 Å². The fraction of sp³-hybridized carbons (Fsp3) is 0.235. The standard InChI is InChI=1S/C17H17ClO/c1-3-5-13-6-4-7-14(11-13)17(19)15-8-9-16(18)12(2)10-15/h4,6-11H,3,5H2,1-2H3. The van der Waals surface area contributed by atoms with Gasteiger partial charge in [0.05, 0.1) is 0 Å². The van der Waals surface area contributed by atoms with Gasteiger partial charge in [0.25, 0.3) is 0 Å². The third-order valence-electron chi connectivity index (χ3n) is 3.15. The van der Waals surface area contributed by atoms with E-state index in [2.05, 4.69) is 13.0 Å². The van der Waals surface area contributed by atoms with Crippen LogP contribution < -0.4 is 0 Å². The lowest BCUT2D eigenvalue weighted by Gasteiger charge is -2.06. The molecule has 19 heavy (non-hydrogen) atoms. The Morgan fingerprint density at radius 3 is 2.53 bits per heavy atom. The summed E-state index contributed by atoms with van der Waals surface area (Å²) in [5.74, 6) is 0.0534. The lowest BCUT2D eigenvalue weighted by molar-refractivity contribution is 0.103. The van der Waals surface area contributed by atoms with Crippen LogP contribution in [0.2, 0.25) is 5.02 Å². The summed E-state index contributed by atoms with van der Waals surface area (Å²) < 4.78 is 0. The van der Waals surface area contributed by atoms with Crippen LogP contribution in [0.3, 0.4) is 0 Å². The van der Waals surface area contributed by atoms with Crippen LogP contribution >= 0.6 is 11.6 Å². The summed E-state index contributed by atoms with van der Waals surface area (Å²) in [6, 6.07) is 13.3. The van der Waals surface area contributed by atoms with Crippen LogP contribution in [0.5, 0.6) is 0 Å². The summed E-state index contributed by atoms with van der Waals surface area (Å²) in [7, 11) is 0. The molecule has 0 unspecified atom stereocenters. The first-order valence-corrected chi connectivity index (χ1v) is 6.89. The van der Waals surface area contributed by atoms with Gasteiger partial charge in [0, 0.05) is 16.1 Å². The maximum atomic E-state index is 12.4. The fourth-order valence-corrected chi connectivity index (χ4v) is 2.23. The summed E-state index contributed by atoms with van der Waals surface area (Å²) in [5.41, 5.74) is 3.57. The molecule has 0 saturated heterocycles. The lowest BCUT2D eigenvalue weighted by atomic mass is 9.99. The molecule has 0 aliphatic rings. The maximum absolute atomic E-state index is 12.4. The van der Waals surface area contributed by atoms with Crippen molar-refractivity contribution in [3.05, 3.63) is 69.7 Å². The highest BCUT2D eigenvalue weighted by Gasteiger charge is 2.10. The van der Waals surface area contributed by atoms with Gasteiger partial charge in [0.15, 0.2) is 5.78 Å². The zero-order valence-corrected chi connectivity index (χ0v) is 12.0. The first-order chi connectivity index (χ1) is 9.11. The Labute approximate surface area is 119 Å². The van der Waals surface area contributed by atoms with Crippen molar-refractivity contribution in [2.45, 2.75) is 26.7 Å². The Kier molecular flexibility index (Phi) is 4.39. The molecule has 0 amide bonds. The van der Waals surface area contributed by atoms with E-state index in [1.165, 1.54) is 5.56 Å². The van der Waals surface area contributed by atoms with Crippen LogP contribution in [0, 0.1) is 6.92 Å². The fourth-order valence-electron chi connectivity index (χ4n) is 2.11. The van der Waals surface area contributed by atoms with E-state index in [-0.39, 0.29) is 5.78 Å². The third-order valence-corrected chi connectivity index (χ3v) is 3.57. The predicted octanol–water partition coefficient (Wildman–Crippen LogP) is 4.83. The summed E-state index contributed by atoms with van der Waals surface area (Å²) in [5, 5.41) is 0.691. The second-order valence-electron chi connectivity index (χ2n) is 4.74. The normalized spacial score (nSPS) is 10.5. The first-order valence-electron chi connectivity index (χ1n) is 6.51. The average Bonchev–Trinajstić information content (AvgIpc) is 2.42. The van der Waals surface area contributed by atoms with E-state index < -0.39 is 0 Å². The van der Waals surface area contributed by atoms with Gasteiger partial charge >= 0.3 is 0 Å². The highest BCUT2D eigenvalue weighted by atomic mass is 35.5. The minimum absolute atomic E-state index is 0.0534. The molecule has 0 N–H and O–H groups in total. The molecule has 0 bridgehead atoms. The van der Waals surface area contributed by atoms with Crippen molar-refractivity contribution >= 4 is 17.4 Å². The number of ketones is 1. The van der Waals surface area contributed by atoms with Crippen molar-refractivity contribution in [3.8, 4) is 0 Å². The zero-order valence-electron chi connectivity index (χ0n) is 11.2. The molecule has 0 radical (unpaired) electrons. The monoisotopic (exact) mass is 272 g/mol. The second-order valence-corrected chi connectivity index (χ2v) is 5.15. The average molecular weight is 273 g/mol.